The average Bonchev–Trinajstić information content (AvgIpc) is 2.25. The number of hydrogen-bond acceptors (Lipinski definition) is 2. The fourth-order valence-corrected chi connectivity index (χ4v) is 1.01. The highest BCUT2D eigenvalue weighted by Crippen LogP contribution is 2.04. The molecule has 1 rings (SSSR count). The van der Waals surface area contributed by atoms with Crippen LogP contribution in [0, 0.1) is 0 Å². The first-order valence-corrected chi connectivity index (χ1v) is 4.31. The number of benzene rings is 1. The predicted octanol–water partition coefficient (Wildman–Crippen LogP) is 3.14. The van der Waals surface area contributed by atoms with Crippen LogP contribution in [-0.4, -0.2) is 5.01 Å². The van der Waals surface area contributed by atoms with Gasteiger partial charge in [-0.1, -0.05) is 48.7 Å². The highest BCUT2D eigenvalue weighted by molar-refractivity contribution is 5.14. The van der Waals surface area contributed by atoms with Crippen LogP contribution in [0.1, 0.15) is 5.56 Å². The van der Waals surface area contributed by atoms with E-state index in [0.29, 0.717) is 6.54 Å². The molecule has 0 N–H and O–H groups in total. The molecule has 14 heavy (non-hydrogen) atoms. The molecule has 0 aliphatic carbocycles. The second-order valence-corrected chi connectivity index (χ2v) is 2.65. The second kappa shape index (κ2) is 5.70. The fraction of sp³-hybridized carbons (Fsp3) is 0.0909. The quantitative estimate of drug-likeness (QED) is 0.514. The molecular weight excluding hydrogens is 174 g/mol. The molecule has 3 nitrogen and oxygen atoms in total. The Hall–Kier alpha value is -1.90. The van der Waals surface area contributed by atoms with E-state index < -0.39 is 0 Å². The molecule has 0 heterocycles. The Morgan fingerprint density at radius 2 is 1.93 bits per heavy atom. The molecule has 0 unspecified atom stereocenters. The molecule has 72 valence electrons. The van der Waals surface area contributed by atoms with E-state index in [2.05, 4.69) is 23.5 Å². The summed E-state index contributed by atoms with van der Waals surface area (Å²) >= 11 is 0. The topological polar surface area (TPSA) is 28.0 Å². The summed E-state index contributed by atoms with van der Waals surface area (Å²) in [5.41, 5.74) is 1.16. The van der Waals surface area contributed by atoms with Gasteiger partial charge in [-0.15, -0.1) is 5.11 Å². The molecule has 0 saturated heterocycles. The van der Waals surface area contributed by atoms with E-state index in [4.69, 9.17) is 0 Å². The van der Waals surface area contributed by atoms with Crippen LogP contribution in [0.5, 0.6) is 0 Å². The molecular formula is C11H13N3. The maximum absolute atomic E-state index is 3.88. The fourth-order valence-electron chi connectivity index (χ4n) is 1.01. The van der Waals surface area contributed by atoms with Gasteiger partial charge in [-0.3, -0.25) is 5.01 Å². The van der Waals surface area contributed by atoms with Crippen LogP contribution in [0.25, 0.3) is 0 Å². The first-order valence-electron chi connectivity index (χ1n) is 4.31. The molecule has 0 aromatic heterocycles. The first-order chi connectivity index (χ1) is 6.86. The summed E-state index contributed by atoms with van der Waals surface area (Å²) in [6.45, 7) is 7.77. The van der Waals surface area contributed by atoms with Crippen molar-refractivity contribution in [3.63, 3.8) is 0 Å². The lowest BCUT2D eigenvalue weighted by atomic mass is 10.2. The highest BCUT2D eigenvalue weighted by Gasteiger charge is 1.96. The average molecular weight is 187 g/mol. The Labute approximate surface area is 84.1 Å². The molecule has 0 aliphatic rings. The maximum Gasteiger partial charge on any atom is 0.0676 e. The van der Waals surface area contributed by atoms with E-state index in [0.717, 1.165) is 5.56 Å². The van der Waals surface area contributed by atoms with E-state index in [1.165, 1.54) is 6.20 Å². The van der Waals surface area contributed by atoms with Crippen molar-refractivity contribution >= 4 is 0 Å². The van der Waals surface area contributed by atoms with Crippen LogP contribution in [0.15, 0.2) is 66.2 Å². The Bertz CT molecular complexity index is 317. The van der Waals surface area contributed by atoms with Crippen LogP contribution < -0.4 is 0 Å². The third-order valence-electron chi connectivity index (χ3n) is 1.65. The summed E-state index contributed by atoms with van der Waals surface area (Å²) in [4.78, 5) is 0. The summed E-state index contributed by atoms with van der Waals surface area (Å²) in [6.07, 6.45) is 3.02. The standard InChI is InChI=1S/C11H13N3/c1-3-12-13-14(4-2)10-11-8-6-5-7-9-11/h3-9H,1-2,10H2. The van der Waals surface area contributed by atoms with E-state index in [-0.39, 0.29) is 0 Å². The van der Waals surface area contributed by atoms with Crippen molar-refractivity contribution in [1.82, 2.24) is 5.01 Å². The van der Waals surface area contributed by atoms with Crippen molar-refractivity contribution in [3.05, 3.63) is 61.5 Å². The van der Waals surface area contributed by atoms with Crippen molar-refractivity contribution in [2.24, 2.45) is 10.3 Å². The Balaban J connectivity index is 2.61. The summed E-state index contributed by atoms with van der Waals surface area (Å²) in [7, 11) is 0. The molecule has 0 spiro atoms. The molecule has 3 heteroatoms. The number of hydrogen-bond donors (Lipinski definition) is 0. The minimum absolute atomic E-state index is 0.668. The van der Waals surface area contributed by atoms with Crippen LogP contribution in [0.3, 0.4) is 0 Å². The number of rotatable bonds is 5. The third kappa shape index (κ3) is 3.23. The van der Waals surface area contributed by atoms with Gasteiger partial charge in [0.05, 0.1) is 6.54 Å². The van der Waals surface area contributed by atoms with Crippen LogP contribution in [0.2, 0.25) is 0 Å². The molecule has 0 aliphatic heterocycles. The molecule has 0 atom stereocenters. The molecule has 0 amide bonds. The highest BCUT2D eigenvalue weighted by atomic mass is 15.5. The van der Waals surface area contributed by atoms with Gasteiger partial charge in [-0.05, 0) is 5.56 Å². The van der Waals surface area contributed by atoms with Gasteiger partial charge in [0.1, 0.15) is 0 Å². The van der Waals surface area contributed by atoms with Gasteiger partial charge in [0.2, 0.25) is 0 Å². The van der Waals surface area contributed by atoms with Crippen molar-refractivity contribution in [3.8, 4) is 0 Å². The lowest BCUT2D eigenvalue weighted by Gasteiger charge is -2.11. The largest absolute Gasteiger partial charge is 0.250 e. The molecule has 0 bridgehead atoms. The first kappa shape index (κ1) is 10.2. The van der Waals surface area contributed by atoms with Gasteiger partial charge >= 0.3 is 0 Å². The third-order valence-corrected chi connectivity index (χ3v) is 1.65. The van der Waals surface area contributed by atoms with Crippen molar-refractivity contribution in [2.75, 3.05) is 0 Å². The van der Waals surface area contributed by atoms with Gasteiger partial charge in [-0.2, -0.15) is 0 Å². The van der Waals surface area contributed by atoms with E-state index >= 15 is 0 Å². The minimum Gasteiger partial charge on any atom is -0.250 e. The monoisotopic (exact) mass is 187 g/mol. The van der Waals surface area contributed by atoms with Gasteiger partial charge in [-0.25, -0.2) is 0 Å². The van der Waals surface area contributed by atoms with Crippen molar-refractivity contribution in [1.29, 1.82) is 0 Å². The van der Waals surface area contributed by atoms with Crippen LogP contribution >= 0.6 is 0 Å². The van der Waals surface area contributed by atoms with Crippen LogP contribution in [0.4, 0.5) is 0 Å². The van der Waals surface area contributed by atoms with E-state index in [1.54, 1.807) is 11.2 Å². The van der Waals surface area contributed by atoms with Gasteiger partial charge in [0.15, 0.2) is 0 Å². The molecule has 1 aromatic rings. The summed E-state index contributed by atoms with van der Waals surface area (Å²) < 4.78 is 0. The predicted molar refractivity (Wildman–Crippen MR) is 57.2 cm³/mol. The van der Waals surface area contributed by atoms with Gasteiger partial charge in [0, 0.05) is 12.4 Å². The Morgan fingerprint density at radius 3 is 2.50 bits per heavy atom. The summed E-state index contributed by atoms with van der Waals surface area (Å²) in [5.74, 6) is 0. The Kier molecular flexibility index (Phi) is 4.14. The molecule has 0 fully saturated rings. The van der Waals surface area contributed by atoms with Gasteiger partial charge < -0.3 is 0 Å². The zero-order chi connectivity index (χ0) is 10.2. The van der Waals surface area contributed by atoms with E-state index in [1.807, 2.05) is 30.3 Å². The molecule has 0 radical (unpaired) electrons. The SMILES string of the molecule is C=CN=NN(C=C)Cc1ccccc1. The van der Waals surface area contributed by atoms with Crippen molar-refractivity contribution in [2.45, 2.75) is 6.54 Å². The Morgan fingerprint density at radius 1 is 1.21 bits per heavy atom. The van der Waals surface area contributed by atoms with Crippen LogP contribution in [-0.2, 0) is 6.54 Å². The smallest absolute Gasteiger partial charge is 0.0676 e. The minimum atomic E-state index is 0.668. The lowest BCUT2D eigenvalue weighted by molar-refractivity contribution is 0.368. The molecule has 1 aromatic carbocycles. The zero-order valence-electron chi connectivity index (χ0n) is 8.00. The lowest BCUT2D eigenvalue weighted by Crippen LogP contribution is -2.07. The van der Waals surface area contributed by atoms with Crippen molar-refractivity contribution < 1.29 is 0 Å². The van der Waals surface area contributed by atoms with Gasteiger partial charge in [0.25, 0.3) is 0 Å². The second-order valence-electron chi connectivity index (χ2n) is 2.65. The summed E-state index contributed by atoms with van der Waals surface area (Å²) in [6, 6.07) is 10.0. The van der Waals surface area contributed by atoms with E-state index in [9.17, 15) is 0 Å². The number of nitrogens with zero attached hydrogens (tertiary/aromatic N) is 3. The summed E-state index contributed by atoms with van der Waals surface area (Å²) in [5, 5.41) is 9.21. The normalized spacial score (nSPS) is 10.0. The molecule has 0 saturated carbocycles. The zero-order valence-corrected chi connectivity index (χ0v) is 8.00. The maximum atomic E-state index is 3.88.